The van der Waals surface area contributed by atoms with Gasteiger partial charge in [-0.25, -0.2) is 0 Å². The highest BCUT2D eigenvalue weighted by Crippen LogP contribution is 2.40. The van der Waals surface area contributed by atoms with Crippen LogP contribution in [0.25, 0.3) is 0 Å². The number of hydrogen-bond donors (Lipinski definition) is 2. The zero-order valence-corrected chi connectivity index (χ0v) is 36.7. The Morgan fingerprint density at radius 3 is 1.54 bits per heavy atom. The summed E-state index contributed by atoms with van der Waals surface area (Å²) in [5.74, 6) is -1.34. The van der Waals surface area contributed by atoms with E-state index in [-0.39, 0.29) is 35.6 Å². The third-order valence-corrected chi connectivity index (χ3v) is 10.4. The van der Waals surface area contributed by atoms with Gasteiger partial charge in [-0.2, -0.15) is 26.3 Å². The van der Waals surface area contributed by atoms with Crippen molar-refractivity contribution in [2.45, 2.75) is 93.1 Å². The molecule has 1 saturated heterocycles. The SMILES string of the molecule is CC.CCN(CC)CCCOc1ccc(NC(=O)c2ccc(C)c(C)c2)cc1C(F)(F)F.Cc1ccc(C(=O)Nc2ccc(OC3CCN(C)CC3)c(C(F)(F)F)c2)cc1C. The molecule has 0 saturated carbocycles. The number of nitrogens with zero attached hydrogens (tertiary/aromatic N) is 2. The number of aryl methyl sites for hydroxylation is 4. The fourth-order valence-electron chi connectivity index (χ4n) is 6.35. The van der Waals surface area contributed by atoms with Gasteiger partial charge in [-0.1, -0.05) is 39.8 Å². The Morgan fingerprint density at radius 1 is 0.672 bits per heavy atom. The highest BCUT2D eigenvalue weighted by molar-refractivity contribution is 6.05. The number of halogens is 6. The van der Waals surface area contributed by atoms with Crippen LogP contribution in [0.4, 0.5) is 37.7 Å². The van der Waals surface area contributed by atoms with E-state index in [1.807, 2.05) is 68.5 Å². The molecular weight excluding hydrogens is 799 g/mol. The first-order valence-corrected chi connectivity index (χ1v) is 20.7. The highest BCUT2D eigenvalue weighted by Gasteiger charge is 2.36. The average Bonchev–Trinajstić information content (AvgIpc) is 3.22. The molecule has 61 heavy (non-hydrogen) atoms. The number of carbonyl (C=O) groups is 2. The van der Waals surface area contributed by atoms with Crippen molar-refractivity contribution in [3.8, 4) is 11.5 Å². The zero-order valence-electron chi connectivity index (χ0n) is 36.7. The van der Waals surface area contributed by atoms with Crippen LogP contribution in [0.2, 0.25) is 0 Å². The molecule has 4 aromatic carbocycles. The lowest BCUT2D eigenvalue weighted by Crippen LogP contribution is -2.36. The molecule has 334 valence electrons. The van der Waals surface area contributed by atoms with Gasteiger partial charge in [-0.15, -0.1) is 0 Å². The van der Waals surface area contributed by atoms with Gasteiger partial charge >= 0.3 is 12.4 Å². The van der Waals surface area contributed by atoms with E-state index >= 15 is 0 Å². The average molecular weight is 859 g/mol. The van der Waals surface area contributed by atoms with E-state index in [1.54, 1.807) is 30.3 Å². The van der Waals surface area contributed by atoms with E-state index in [2.05, 4.69) is 20.4 Å². The van der Waals surface area contributed by atoms with Crippen LogP contribution in [0.15, 0.2) is 72.8 Å². The van der Waals surface area contributed by atoms with Crippen molar-refractivity contribution < 1.29 is 45.4 Å². The summed E-state index contributed by atoms with van der Waals surface area (Å²) in [5, 5.41) is 5.09. The number of carbonyl (C=O) groups excluding carboxylic acids is 2. The van der Waals surface area contributed by atoms with Gasteiger partial charge in [0.25, 0.3) is 11.8 Å². The Hall–Kier alpha value is -5.08. The number of ether oxygens (including phenoxy) is 2. The predicted molar refractivity (Wildman–Crippen MR) is 231 cm³/mol. The van der Waals surface area contributed by atoms with Gasteiger partial charge in [0.05, 0.1) is 17.7 Å². The first-order valence-electron chi connectivity index (χ1n) is 20.7. The maximum atomic E-state index is 13.6. The van der Waals surface area contributed by atoms with E-state index < -0.39 is 35.3 Å². The van der Waals surface area contributed by atoms with Crippen LogP contribution in [-0.4, -0.2) is 74.1 Å². The minimum atomic E-state index is -4.59. The summed E-state index contributed by atoms with van der Waals surface area (Å²) < 4.78 is 92.5. The molecule has 0 radical (unpaired) electrons. The molecule has 0 atom stereocenters. The lowest BCUT2D eigenvalue weighted by atomic mass is 10.1. The standard InChI is InChI=1S/C23H29F3N2O2.C22H25F3N2O2.C2H6/c1-5-28(6-2)12-7-13-30-21-11-10-19(15-20(21)23(24,25)26)27-22(29)18-9-8-16(3)17(4)14-18;1-14-4-5-16(12-15(14)2)21(28)26-17-6-7-20(19(13-17)22(23,24)25)29-18-8-10-27(3)11-9-18;1-2/h8-11,14-15H,5-7,12-13H2,1-4H3,(H,27,29);4-7,12-13,18H,8-11H2,1-3H3,(H,26,28);1-2H3. The molecule has 0 unspecified atom stereocenters. The molecule has 5 rings (SSSR count). The first-order chi connectivity index (χ1) is 28.8. The van der Waals surface area contributed by atoms with E-state index in [9.17, 15) is 35.9 Å². The van der Waals surface area contributed by atoms with E-state index in [4.69, 9.17) is 9.47 Å². The Kier molecular flexibility index (Phi) is 19.1. The number of rotatable bonds is 13. The van der Waals surface area contributed by atoms with Gasteiger partial charge in [0.15, 0.2) is 0 Å². The van der Waals surface area contributed by atoms with Gasteiger partial charge in [0.1, 0.15) is 17.6 Å². The van der Waals surface area contributed by atoms with Gasteiger partial charge < -0.3 is 29.9 Å². The molecule has 0 aliphatic carbocycles. The molecule has 1 fully saturated rings. The lowest BCUT2D eigenvalue weighted by Gasteiger charge is -2.30. The summed E-state index contributed by atoms with van der Waals surface area (Å²) in [4.78, 5) is 29.2. The topological polar surface area (TPSA) is 83.1 Å². The second kappa shape index (κ2) is 23.2. The second-order valence-corrected chi connectivity index (χ2v) is 14.8. The quantitative estimate of drug-likeness (QED) is 0.103. The summed E-state index contributed by atoms with van der Waals surface area (Å²) in [6, 6.07) is 17.6. The van der Waals surface area contributed by atoms with Crippen LogP contribution >= 0.6 is 0 Å². The third kappa shape index (κ3) is 15.4. The smallest absolute Gasteiger partial charge is 0.420 e. The minimum Gasteiger partial charge on any atom is -0.493 e. The van der Waals surface area contributed by atoms with E-state index in [1.165, 1.54) is 24.3 Å². The molecule has 2 amide bonds. The molecule has 0 aromatic heterocycles. The van der Waals surface area contributed by atoms with Gasteiger partial charge in [0, 0.05) is 42.1 Å². The van der Waals surface area contributed by atoms with Crippen LogP contribution in [0.1, 0.15) is 101 Å². The zero-order chi connectivity index (χ0) is 45.5. The number of hydrogen-bond acceptors (Lipinski definition) is 6. The largest absolute Gasteiger partial charge is 0.493 e. The number of anilines is 2. The van der Waals surface area contributed by atoms with Gasteiger partial charge in [-0.05, 0) is 150 Å². The van der Waals surface area contributed by atoms with Crippen LogP contribution in [0, 0.1) is 27.7 Å². The van der Waals surface area contributed by atoms with Gasteiger partial charge in [-0.3, -0.25) is 9.59 Å². The summed E-state index contributed by atoms with van der Waals surface area (Å²) in [7, 11) is 1.98. The summed E-state index contributed by atoms with van der Waals surface area (Å²) >= 11 is 0. The fourth-order valence-corrected chi connectivity index (χ4v) is 6.35. The highest BCUT2D eigenvalue weighted by atomic mass is 19.4. The maximum absolute atomic E-state index is 13.6. The third-order valence-electron chi connectivity index (χ3n) is 10.4. The molecule has 14 heteroatoms. The fraction of sp³-hybridized carbons (Fsp3) is 0.447. The molecular formula is C47H60F6N4O4. The van der Waals surface area contributed by atoms with Crippen molar-refractivity contribution in [2.24, 2.45) is 0 Å². The van der Waals surface area contributed by atoms with Crippen molar-refractivity contribution in [3.63, 3.8) is 0 Å². The Balaban J connectivity index is 0.000000313. The van der Waals surface area contributed by atoms with Crippen molar-refractivity contribution in [3.05, 3.63) is 117 Å². The lowest BCUT2D eigenvalue weighted by molar-refractivity contribution is -0.140. The normalized spacial score (nSPS) is 13.4. The van der Waals surface area contributed by atoms with Crippen LogP contribution in [-0.2, 0) is 12.4 Å². The molecule has 4 aromatic rings. The van der Waals surface area contributed by atoms with Crippen molar-refractivity contribution >= 4 is 23.2 Å². The van der Waals surface area contributed by atoms with Crippen molar-refractivity contribution in [2.75, 3.05) is 57.0 Å². The molecule has 1 aliphatic heterocycles. The monoisotopic (exact) mass is 858 g/mol. The number of nitrogens with one attached hydrogen (secondary N) is 2. The number of alkyl halides is 6. The summed E-state index contributed by atoms with van der Waals surface area (Å²) in [5.41, 5.74) is 3.11. The second-order valence-electron chi connectivity index (χ2n) is 14.8. The van der Waals surface area contributed by atoms with Gasteiger partial charge in [0.2, 0.25) is 0 Å². The minimum absolute atomic E-state index is 0.0704. The number of piperidine rings is 1. The van der Waals surface area contributed by atoms with Crippen LogP contribution in [0.5, 0.6) is 11.5 Å². The number of likely N-dealkylation sites (tertiary alicyclic amines) is 1. The summed E-state index contributed by atoms with van der Waals surface area (Å²) in [6.07, 6.45) is -7.43. The molecule has 0 spiro atoms. The first kappa shape index (κ1) is 50.3. The molecule has 1 aliphatic rings. The van der Waals surface area contributed by atoms with Crippen molar-refractivity contribution in [1.82, 2.24) is 9.80 Å². The Bertz CT molecular complexity index is 2040. The maximum Gasteiger partial charge on any atom is 0.420 e. The summed E-state index contributed by atoms with van der Waals surface area (Å²) in [6.45, 7) is 20.0. The molecule has 0 bridgehead atoms. The molecule has 2 N–H and O–H groups in total. The Morgan fingerprint density at radius 2 is 1.11 bits per heavy atom. The number of benzene rings is 4. The van der Waals surface area contributed by atoms with Crippen LogP contribution in [0.3, 0.4) is 0 Å². The Labute approximate surface area is 356 Å². The molecule has 1 heterocycles. The number of amides is 2. The molecule has 8 nitrogen and oxygen atoms in total. The van der Waals surface area contributed by atoms with Crippen molar-refractivity contribution in [1.29, 1.82) is 0 Å². The predicted octanol–water partition coefficient (Wildman–Crippen LogP) is 11.8. The van der Waals surface area contributed by atoms with E-state index in [0.29, 0.717) is 30.4 Å². The van der Waals surface area contributed by atoms with E-state index in [0.717, 1.165) is 67.1 Å². The van der Waals surface area contributed by atoms with Crippen LogP contribution < -0.4 is 20.1 Å².